The minimum absolute atomic E-state index is 0. The second-order valence-electron chi connectivity index (χ2n) is 8.06. The fourth-order valence-electron chi connectivity index (χ4n) is 4.40. The van der Waals surface area contributed by atoms with E-state index in [0.717, 1.165) is 70.3 Å². The second-order valence-corrected chi connectivity index (χ2v) is 8.06. The highest BCUT2D eigenvalue weighted by molar-refractivity contribution is 5.85. The van der Waals surface area contributed by atoms with Crippen molar-refractivity contribution < 1.29 is 14.2 Å². The first kappa shape index (κ1) is 27.2. The highest BCUT2D eigenvalue weighted by Gasteiger charge is 2.23. The van der Waals surface area contributed by atoms with E-state index in [0.29, 0.717) is 17.2 Å². The van der Waals surface area contributed by atoms with Gasteiger partial charge in [-0.05, 0) is 24.2 Å². The molecule has 0 saturated carbocycles. The molecule has 0 unspecified atom stereocenters. The predicted molar refractivity (Wildman–Crippen MR) is 135 cm³/mol. The summed E-state index contributed by atoms with van der Waals surface area (Å²) in [5, 5.41) is 0. The number of hydrogen-bond donors (Lipinski definition) is 0. The lowest BCUT2D eigenvalue weighted by Crippen LogP contribution is -2.47. The summed E-state index contributed by atoms with van der Waals surface area (Å²) in [6, 6.07) is 4.04. The first-order chi connectivity index (χ1) is 15.1. The average molecular weight is 500 g/mol. The summed E-state index contributed by atoms with van der Waals surface area (Å²) in [5.41, 5.74) is 3.53. The Hall–Kier alpha value is -2.00. The number of nitrogens with zero attached hydrogens (tertiary/aromatic N) is 5. The highest BCUT2D eigenvalue weighted by atomic mass is 35.5. The molecular weight excluding hydrogens is 465 g/mol. The zero-order valence-corrected chi connectivity index (χ0v) is 21.5. The van der Waals surface area contributed by atoms with Gasteiger partial charge >= 0.3 is 0 Å². The molecule has 1 aromatic heterocycles. The van der Waals surface area contributed by atoms with Crippen LogP contribution in [0.2, 0.25) is 0 Å². The fourth-order valence-corrected chi connectivity index (χ4v) is 4.40. The Kier molecular flexibility index (Phi) is 10.3. The van der Waals surface area contributed by atoms with Crippen molar-refractivity contribution in [2.24, 2.45) is 0 Å². The molecule has 0 aliphatic carbocycles. The van der Waals surface area contributed by atoms with Crippen LogP contribution in [0.3, 0.4) is 0 Å². The molecule has 0 atom stereocenters. The normalized spacial score (nSPS) is 16.3. The van der Waals surface area contributed by atoms with Crippen LogP contribution in [0.4, 0.5) is 5.95 Å². The van der Waals surface area contributed by atoms with Crippen LogP contribution in [-0.2, 0) is 19.5 Å². The molecular formula is C23H35Cl2N5O3. The molecule has 184 valence electrons. The van der Waals surface area contributed by atoms with Gasteiger partial charge in [0.15, 0.2) is 11.5 Å². The van der Waals surface area contributed by atoms with Crippen LogP contribution in [0, 0.1) is 0 Å². The zero-order valence-electron chi connectivity index (χ0n) is 19.9. The van der Waals surface area contributed by atoms with Crippen LogP contribution in [-0.4, -0.2) is 80.4 Å². The van der Waals surface area contributed by atoms with E-state index in [-0.39, 0.29) is 24.8 Å². The monoisotopic (exact) mass is 499 g/mol. The molecule has 0 amide bonds. The quantitative estimate of drug-likeness (QED) is 0.575. The maximum Gasteiger partial charge on any atom is 0.225 e. The number of likely N-dealkylation sites (N-methyl/N-ethyl adjacent to an activating group) is 1. The SMILES string of the molecule is CCN1CCN(c2ncc3c(n2)CCN(Cc2cc(OC)c(OC)c(OC)c2)C3)CC1.Cl.Cl. The van der Waals surface area contributed by atoms with E-state index < -0.39 is 0 Å². The standard InChI is InChI=1S/C23H33N5O3.2ClH/c1-5-26-8-10-28(11-9-26)23-24-14-18-16-27(7-6-19(18)25-23)15-17-12-20(29-2)22(31-4)21(13-17)30-3;;/h12-14H,5-11,15-16H2,1-4H3;2*1H. The topological polar surface area (TPSA) is 63.2 Å². The fraction of sp³-hybridized carbons (Fsp3) is 0.565. The summed E-state index contributed by atoms with van der Waals surface area (Å²) < 4.78 is 16.4. The first-order valence-electron chi connectivity index (χ1n) is 11.0. The van der Waals surface area contributed by atoms with E-state index in [1.807, 2.05) is 18.3 Å². The third-order valence-corrected chi connectivity index (χ3v) is 6.23. The van der Waals surface area contributed by atoms with E-state index in [1.54, 1.807) is 21.3 Å². The highest BCUT2D eigenvalue weighted by Crippen LogP contribution is 2.38. The molecule has 2 aromatic rings. The largest absolute Gasteiger partial charge is 0.493 e. The molecule has 0 bridgehead atoms. The molecule has 0 spiro atoms. The third-order valence-electron chi connectivity index (χ3n) is 6.23. The van der Waals surface area contributed by atoms with Crippen LogP contribution >= 0.6 is 24.8 Å². The summed E-state index contributed by atoms with van der Waals surface area (Å²) in [7, 11) is 4.92. The number of halogens is 2. The van der Waals surface area contributed by atoms with Gasteiger partial charge < -0.3 is 24.0 Å². The predicted octanol–water partition coefficient (Wildman–Crippen LogP) is 3.05. The van der Waals surface area contributed by atoms with Gasteiger partial charge in [-0.25, -0.2) is 9.97 Å². The van der Waals surface area contributed by atoms with Crippen molar-refractivity contribution in [1.29, 1.82) is 0 Å². The van der Waals surface area contributed by atoms with E-state index >= 15 is 0 Å². The van der Waals surface area contributed by atoms with Crippen molar-refractivity contribution >= 4 is 30.8 Å². The molecule has 8 nitrogen and oxygen atoms in total. The number of ether oxygens (including phenoxy) is 3. The van der Waals surface area contributed by atoms with E-state index in [2.05, 4.69) is 21.6 Å². The number of fused-ring (bicyclic) bond motifs is 1. The van der Waals surface area contributed by atoms with Gasteiger partial charge in [-0.15, -0.1) is 24.8 Å². The third kappa shape index (κ3) is 6.12. The van der Waals surface area contributed by atoms with Crippen molar-refractivity contribution in [1.82, 2.24) is 19.8 Å². The number of methoxy groups -OCH3 is 3. The molecule has 0 N–H and O–H groups in total. The van der Waals surface area contributed by atoms with Crippen LogP contribution in [0.5, 0.6) is 17.2 Å². The molecule has 1 saturated heterocycles. The Balaban J connectivity index is 0.00000193. The number of benzene rings is 1. The van der Waals surface area contributed by atoms with Gasteiger partial charge in [-0.2, -0.15) is 0 Å². The second kappa shape index (κ2) is 12.5. The smallest absolute Gasteiger partial charge is 0.225 e. The van der Waals surface area contributed by atoms with Gasteiger partial charge in [0, 0.05) is 64.0 Å². The summed E-state index contributed by atoms with van der Waals surface area (Å²) in [6.07, 6.45) is 2.95. The lowest BCUT2D eigenvalue weighted by atomic mass is 10.1. The number of hydrogen-bond acceptors (Lipinski definition) is 8. The van der Waals surface area contributed by atoms with E-state index in [1.165, 1.54) is 11.3 Å². The minimum Gasteiger partial charge on any atom is -0.493 e. The van der Waals surface area contributed by atoms with Gasteiger partial charge in [0.2, 0.25) is 11.7 Å². The first-order valence-corrected chi connectivity index (χ1v) is 11.0. The Bertz CT molecular complexity index is 885. The van der Waals surface area contributed by atoms with Gasteiger partial charge in [-0.3, -0.25) is 4.90 Å². The molecule has 10 heteroatoms. The molecule has 1 aromatic carbocycles. The van der Waals surface area contributed by atoms with E-state index in [4.69, 9.17) is 24.2 Å². The lowest BCUT2D eigenvalue weighted by Gasteiger charge is -2.35. The summed E-state index contributed by atoms with van der Waals surface area (Å²) in [5.74, 6) is 2.88. The lowest BCUT2D eigenvalue weighted by molar-refractivity contribution is 0.241. The number of anilines is 1. The van der Waals surface area contributed by atoms with Crippen molar-refractivity contribution in [2.45, 2.75) is 26.4 Å². The number of piperazine rings is 1. The molecule has 1 fully saturated rings. The minimum atomic E-state index is 0. The molecule has 2 aliphatic rings. The van der Waals surface area contributed by atoms with Gasteiger partial charge in [-0.1, -0.05) is 6.92 Å². The van der Waals surface area contributed by atoms with Crippen molar-refractivity contribution in [3.05, 3.63) is 35.2 Å². The van der Waals surface area contributed by atoms with Crippen molar-refractivity contribution in [3.63, 3.8) is 0 Å². The maximum absolute atomic E-state index is 5.50. The molecule has 4 rings (SSSR count). The molecule has 0 radical (unpaired) electrons. The number of aromatic nitrogens is 2. The van der Waals surface area contributed by atoms with Crippen LogP contribution < -0.4 is 19.1 Å². The summed E-state index contributed by atoms with van der Waals surface area (Å²) in [4.78, 5) is 16.8. The molecule has 33 heavy (non-hydrogen) atoms. The van der Waals surface area contributed by atoms with Crippen LogP contribution in [0.1, 0.15) is 23.7 Å². The van der Waals surface area contributed by atoms with Crippen molar-refractivity contribution in [3.8, 4) is 17.2 Å². The summed E-state index contributed by atoms with van der Waals surface area (Å²) in [6.45, 7) is 10.1. The van der Waals surface area contributed by atoms with Crippen LogP contribution in [0.25, 0.3) is 0 Å². The van der Waals surface area contributed by atoms with Crippen LogP contribution in [0.15, 0.2) is 18.3 Å². The van der Waals surface area contributed by atoms with Gasteiger partial charge in [0.25, 0.3) is 0 Å². The Morgan fingerprint density at radius 2 is 1.55 bits per heavy atom. The van der Waals surface area contributed by atoms with Crippen molar-refractivity contribution in [2.75, 3.05) is 65.5 Å². The molecule has 2 aliphatic heterocycles. The van der Waals surface area contributed by atoms with Gasteiger partial charge in [0.1, 0.15) is 0 Å². The maximum atomic E-state index is 5.50. The van der Waals surface area contributed by atoms with E-state index in [9.17, 15) is 0 Å². The van der Waals surface area contributed by atoms with Gasteiger partial charge in [0.05, 0.1) is 27.0 Å². The Morgan fingerprint density at radius 1 is 0.879 bits per heavy atom. The number of rotatable bonds is 7. The Morgan fingerprint density at radius 3 is 2.12 bits per heavy atom. The zero-order chi connectivity index (χ0) is 21.8. The Labute approximate surface area is 209 Å². The molecule has 3 heterocycles. The average Bonchev–Trinajstić information content (AvgIpc) is 2.83. The summed E-state index contributed by atoms with van der Waals surface area (Å²) >= 11 is 0.